The van der Waals surface area contributed by atoms with E-state index in [1.165, 1.54) is 18.7 Å². The van der Waals surface area contributed by atoms with Gasteiger partial charge in [0.2, 0.25) is 11.8 Å². The second-order valence-corrected chi connectivity index (χ2v) is 6.84. The molecule has 114 valence electrons. The minimum atomic E-state index is -0.0997. The molecule has 0 aliphatic heterocycles. The predicted octanol–water partition coefficient (Wildman–Crippen LogP) is 3.98. The molecule has 0 fully saturated rings. The van der Waals surface area contributed by atoms with E-state index in [0.29, 0.717) is 5.75 Å². The molecule has 0 atom stereocenters. The number of hydrogen-bond donors (Lipinski definition) is 2. The van der Waals surface area contributed by atoms with Crippen molar-refractivity contribution in [2.45, 2.75) is 11.8 Å². The summed E-state index contributed by atoms with van der Waals surface area (Å²) >= 11 is 3.67. The van der Waals surface area contributed by atoms with Gasteiger partial charge in [-0.1, -0.05) is 0 Å². The number of carbonyl (C=O) groups excluding carboxylic acids is 2. The molecule has 2 aromatic rings. The first-order chi connectivity index (χ1) is 10.5. The molecular formula is C16H15IN2O2S. The number of nitrogens with one attached hydrogen (secondary N) is 2. The molecule has 6 heteroatoms. The van der Waals surface area contributed by atoms with Crippen LogP contribution in [0, 0.1) is 3.57 Å². The van der Waals surface area contributed by atoms with Crippen LogP contribution in [0.1, 0.15) is 6.92 Å². The smallest absolute Gasteiger partial charge is 0.234 e. The topological polar surface area (TPSA) is 58.2 Å². The van der Waals surface area contributed by atoms with E-state index < -0.39 is 0 Å². The number of halogens is 1. The van der Waals surface area contributed by atoms with E-state index in [0.717, 1.165) is 19.8 Å². The van der Waals surface area contributed by atoms with Crippen molar-refractivity contribution in [3.63, 3.8) is 0 Å². The lowest BCUT2D eigenvalue weighted by Crippen LogP contribution is -2.13. The zero-order valence-corrected chi connectivity index (χ0v) is 14.9. The Bertz CT molecular complexity index is 657. The lowest BCUT2D eigenvalue weighted by molar-refractivity contribution is -0.114. The molecule has 2 rings (SSSR count). The van der Waals surface area contributed by atoms with Crippen LogP contribution < -0.4 is 10.6 Å². The van der Waals surface area contributed by atoms with Crippen LogP contribution >= 0.6 is 34.4 Å². The van der Waals surface area contributed by atoms with Crippen LogP contribution in [-0.4, -0.2) is 17.6 Å². The average molecular weight is 426 g/mol. The Morgan fingerprint density at radius 2 is 1.50 bits per heavy atom. The van der Waals surface area contributed by atoms with Crippen LogP contribution in [0.3, 0.4) is 0 Å². The summed E-state index contributed by atoms with van der Waals surface area (Å²) in [6, 6.07) is 15.1. The molecule has 4 nitrogen and oxygen atoms in total. The van der Waals surface area contributed by atoms with Gasteiger partial charge in [-0.15, -0.1) is 11.8 Å². The van der Waals surface area contributed by atoms with Gasteiger partial charge in [-0.05, 0) is 71.1 Å². The number of carbonyl (C=O) groups is 2. The second kappa shape index (κ2) is 8.19. The molecule has 0 aromatic heterocycles. The summed E-state index contributed by atoms with van der Waals surface area (Å²) in [6.45, 7) is 1.47. The van der Waals surface area contributed by atoms with Gasteiger partial charge in [0.15, 0.2) is 0 Å². The molecule has 0 heterocycles. The maximum atomic E-state index is 11.9. The minimum Gasteiger partial charge on any atom is -0.326 e. The highest BCUT2D eigenvalue weighted by Crippen LogP contribution is 2.21. The number of rotatable bonds is 5. The maximum Gasteiger partial charge on any atom is 0.234 e. The Morgan fingerprint density at radius 3 is 2.09 bits per heavy atom. The van der Waals surface area contributed by atoms with Crippen molar-refractivity contribution in [1.82, 2.24) is 0 Å². The Hall–Kier alpha value is -1.54. The molecule has 0 aliphatic rings. The Morgan fingerprint density at radius 1 is 0.955 bits per heavy atom. The molecule has 0 aliphatic carbocycles. The van der Waals surface area contributed by atoms with Gasteiger partial charge < -0.3 is 10.6 Å². The van der Waals surface area contributed by atoms with Crippen LogP contribution in [0.25, 0.3) is 0 Å². The Labute approximate surface area is 147 Å². The van der Waals surface area contributed by atoms with Crippen molar-refractivity contribution in [2.75, 3.05) is 16.4 Å². The molecule has 2 N–H and O–H groups in total. The van der Waals surface area contributed by atoms with Crippen molar-refractivity contribution in [3.05, 3.63) is 52.1 Å². The molecule has 0 saturated carbocycles. The normalized spacial score (nSPS) is 10.1. The van der Waals surface area contributed by atoms with Crippen LogP contribution in [-0.2, 0) is 9.59 Å². The van der Waals surface area contributed by atoms with Crippen LogP contribution in [0.5, 0.6) is 0 Å². The van der Waals surface area contributed by atoms with Crippen molar-refractivity contribution >= 4 is 57.5 Å². The number of amides is 2. The summed E-state index contributed by atoms with van der Waals surface area (Å²) in [7, 11) is 0. The largest absolute Gasteiger partial charge is 0.326 e. The molecule has 22 heavy (non-hydrogen) atoms. The fourth-order valence-electron chi connectivity index (χ4n) is 1.72. The number of hydrogen-bond acceptors (Lipinski definition) is 3. The first-order valence-electron chi connectivity index (χ1n) is 6.59. The molecule has 0 unspecified atom stereocenters. The lowest BCUT2D eigenvalue weighted by atomic mass is 10.3. The van der Waals surface area contributed by atoms with Gasteiger partial charge in [0, 0.05) is 26.8 Å². The highest BCUT2D eigenvalue weighted by molar-refractivity contribution is 14.1. The van der Waals surface area contributed by atoms with E-state index in [1.54, 1.807) is 0 Å². The summed E-state index contributed by atoms with van der Waals surface area (Å²) in [5.74, 6) is 0.195. The van der Waals surface area contributed by atoms with Gasteiger partial charge >= 0.3 is 0 Å². The van der Waals surface area contributed by atoms with Gasteiger partial charge in [0.1, 0.15) is 0 Å². The molecular weight excluding hydrogens is 411 g/mol. The minimum absolute atomic E-state index is 0.0443. The van der Waals surface area contributed by atoms with E-state index >= 15 is 0 Å². The second-order valence-electron chi connectivity index (χ2n) is 4.55. The van der Waals surface area contributed by atoms with Gasteiger partial charge in [0.25, 0.3) is 0 Å². The van der Waals surface area contributed by atoms with E-state index in [-0.39, 0.29) is 11.8 Å². The Balaban J connectivity index is 1.83. The van der Waals surface area contributed by atoms with Gasteiger partial charge in [-0.25, -0.2) is 0 Å². The third-order valence-electron chi connectivity index (χ3n) is 2.67. The number of thioether (sulfide) groups is 1. The summed E-state index contributed by atoms with van der Waals surface area (Å²) in [4.78, 5) is 23.8. The summed E-state index contributed by atoms with van der Waals surface area (Å²) in [6.07, 6.45) is 0. The average Bonchev–Trinajstić information content (AvgIpc) is 2.48. The highest BCUT2D eigenvalue weighted by Gasteiger charge is 2.04. The summed E-state index contributed by atoms with van der Waals surface area (Å²) in [5, 5.41) is 5.56. The van der Waals surface area contributed by atoms with Gasteiger partial charge in [-0.2, -0.15) is 0 Å². The Kier molecular flexibility index (Phi) is 6.26. The zero-order chi connectivity index (χ0) is 15.9. The van der Waals surface area contributed by atoms with Crippen LogP contribution in [0.4, 0.5) is 11.4 Å². The quantitative estimate of drug-likeness (QED) is 0.562. The monoisotopic (exact) mass is 426 g/mol. The fraction of sp³-hybridized carbons (Fsp3) is 0.125. The van der Waals surface area contributed by atoms with Crippen LogP contribution in [0.2, 0.25) is 0 Å². The maximum absolute atomic E-state index is 11.9. The van der Waals surface area contributed by atoms with Gasteiger partial charge in [0.05, 0.1) is 5.75 Å². The van der Waals surface area contributed by atoms with E-state index in [2.05, 4.69) is 33.2 Å². The third kappa shape index (κ3) is 5.69. The van der Waals surface area contributed by atoms with E-state index in [1.807, 2.05) is 48.5 Å². The first kappa shape index (κ1) is 16.8. The van der Waals surface area contributed by atoms with E-state index in [9.17, 15) is 9.59 Å². The summed E-state index contributed by atoms with van der Waals surface area (Å²) in [5.41, 5.74) is 1.55. The standard InChI is InChI=1S/C16H15IN2O2S/c1-11(20)18-13-6-8-15(9-7-13)22-10-16(21)19-14-4-2-12(17)3-5-14/h2-9H,10H2,1H3,(H,18,20)(H,19,21). The van der Waals surface area contributed by atoms with E-state index in [4.69, 9.17) is 0 Å². The molecule has 0 radical (unpaired) electrons. The van der Waals surface area contributed by atoms with Crippen molar-refractivity contribution in [2.24, 2.45) is 0 Å². The summed E-state index contributed by atoms with van der Waals surface area (Å²) < 4.78 is 1.13. The van der Waals surface area contributed by atoms with Crippen molar-refractivity contribution < 1.29 is 9.59 Å². The molecule has 2 amide bonds. The van der Waals surface area contributed by atoms with Crippen LogP contribution in [0.15, 0.2) is 53.4 Å². The molecule has 0 bridgehead atoms. The van der Waals surface area contributed by atoms with Crippen molar-refractivity contribution in [1.29, 1.82) is 0 Å². The molecule has 2 aromatic carbocycles. The van der Waals surface area contributed by atoms with Crippen molar-refractivity contribution in [3.8, 4) is 0 Å². The fourth-order valence-corrected chi connectivity index (χ4v) is 2.77. The molecule has 0 saturated heterocycles. The third-order valence-corrected chi connectivity index (χ3v) is 4.40. The lowest BCUT2D eigenvalue weighted by Gasteiger charge is -2.06. The first-order valence-corrected chi connectivity index (χ1v) is 8.65. The number of benzene rings is 2. The van der Waals surface area contributed by atoms with Gasteiger partial charge in [-0.3, -0.25) is 9.59 Å². The SMILES string of the molecule is CC(=O)Nc1ccc(SCC(=O)Nc2ccc(I)cc2)cc1. The zero-order valence-electron chi connectivity index (χ0n) is 11.9. The number of anilines is 2. The predicted molar refractivity (Wildman–Crippen MR) is 99.3 cm³/mol. The molecule has 0 spiro atoms. The highest BCUT2D eigenvalue weighted by atomic mass is 127.